The molecular weight excluding hydrogens is 218 g/mol. The van der Waals surface area contributed by atoms with E-state index in [4.69, 9.17) is 0 Å². The number of nitrogens with zero attached hydrogens (tertiary/aromatic N) is 1. The van der Waals surface area contributed by atoms with E-state index in [1.165, 1.54) is 0 Å². The van der Waals surface area contributed by atoms with Gasteiger partial charge in [0.25, 0.3) is 0 Å². The van der Waals surface area contributed by atoms with Crippen LogP contribution >= 0.6 is 0 Å². The highest BCUT2D eigenvalue weighted by Crippen LogP contribution is 2.35. The molecule has 0 radical (unpaired) electrons. The fraction of sp³-hybridized carbons (Fsp3) is 0.118. The summed E-state index contributed by atoms with van der Waals surface area (Å²) in [5.74, 6) is 0. The Morgan fingerprint density at radius 3 is 1.72 bits per heavy atom. The quantitative estimate of drug-likeness (QED) is 0.730. The van der Waals surface area contributed by atoms with Crippen LogP contribution in [0.2, 0.25) is 0 Å². The lowest BCUT2D eigenvalue weighted by molar-refractivity contribution is 0.670. The first kappa shape index (κ1) is 12.1. The fourth-order valence-electron chi connectivity index (χ4n) is 2.24. The van der Waals surface area contributed by atoms with E-state index in [-0.39, 0.29) is 0 Å². The number of nitriles is 1. The van der Waals surface area contributed by atoms with E-state index in [1.807, 2.05) is 66.7 Å². The van der Waals surface area contributed by atoms with Gasteiger partial charge in [-0.25, -0.2) is 0 Å². The van der Waals surface area contributed by atoms with Gasteiger partial charge in [-0.2, -0.15) is 5.26 Å². The summed E-state index contributed by atoms with van der Waals surface area (Å²) < 4.78 is 0. The molecule has 88 valence electrons. The molecule has 0 aliphatic carbocycles. The van der Waals surface area contributed by atoms with Crippen LogP contribution in [0.15, 0.2) is 73.3 Å². The maximum Gasteiger partial charge on any atom is 0.111 e. The highest BCUT2D eigenvalue weighted by molar-refractivity contribution is 5.46. The minimum absolute atomic E-state index is 0.609. The molecule has 1 heteroatoms. The summed E-state index contributed by atoms with van der Waals surface area (Å²) in [4.78, 5) is 0. The third kappa shape index (κ3) is 2.06. The summed E-state index contributed by atoms with van der Waals surface area (Å²) in [6, 6.07) is 22.3. The molecule has 0 saturated heterocycles. The van der Waals surface area contributed by atoms with E-state index in [0.717, 1.165) is 11.1 Å². The van der Waals surface area contributed by atoms with Crippen molar-refractivity contribution in [3.8, 4) is 6.07 Å². The first-order valence-electron chi connectivity index (χ1n) is 5.97. The second kappa shape index (κ2) is 5.33. The van der Waals surface area contributed by atoms with Crippen molar-refractivity contribution >= 4 is 0 Å². The summed E-state index contributed by atoms with van der Waals surface area (Å²) in [5.41, 5.74) is 1.39. The molecule has 2 aromatic carbocycles. The second-order valence-electron chi connectivity index (χ2n) is 4.24. The second-order valence-corrected chi connectivity index (χ2v) is 4.24. The zero-order chi connectivity index (χ0) is 12.8. The number of allylic oxidation sites excluding steroid dienone is 1. The predicted octanol–water partition coefficient (Wildman–Crippen LogP) is 4.07. The Morgan fingerprint density at radius 2 is 1.39 bits per heavy atom. The molecule has 0 N–H and O–H groups in total. The van der Waals surface area contributed by atoms with E-state index < -0.39 is 5.41 Å². The average molecular weight is 233 g/mol. The van der Waals surface area contributed by atoms with Crippen LogP contribution in [-0.4, -0.2) is 0 Å². The van der Waals surface area contributed by atoms with Crippen LogP contribution in [0, 0.1) is 11.3 Å². The largest absolute Gasteiger partial charge is 0.197 e. The molecule has 0 aromatic heterocycles. The van der Waals surface area contributed by atoms with Crippen molar-refractivity contribution in [3.05, 3.63) is 84.4 Å². The molecule has 0 fully saturated rings. The Hall–Kier alpha value is -2.33. The molecule has 0 aliphatic rings. The summed E-state index contributed by atoms with van der Waals surface area (Å²) >= 11 is 0. The van der Waals surface area contributed by atoms with E-state index in [1.54, 1.807) is 0 Å². The molecule has 18 heavy (non-hydrogen) atoms. The van der Waals surface area contributed by atoms with Crippen molar-refractivity contribution in [3.63, 3.8) is 0 Å². The van der Waals surface area contributed by atoms with Crippen LogP contribution in [0.1, 0.15) is 17.5 Å². The first-order chi connectivity index (χ1) is 8.83. The van der Waals surface area contributed by atoms with Crippen molar-refractivity contribution in [2.24, 2.45) is 0 Å². The van der Waals surface area contributed by atoms with Crippen molar-refractivity contribution in [2.75, 3.05) is 0 Å². The van der Waals surface area contributed by atoms with Gasteiger partial charge >= 0.3 is 0 Å². The molecule has 0 amide bonds. The zero-order valence-corrected chi connectivity index (χ0v) is 10.2. The summed E-state index contributed by atoms with van der Waals surface area (Å²) in [7, 11) is 0. The Balaban J connectivity index is 2.62. The number of benzene rings is 2. The Bertz CT molecular complexity index is 510. The predicted molar refractivity (Wildman–Crippen MR) is 74.1 cm³/mol. The van der Waals surface area contributed by atoms with Crippen LogP contribution in [0.5, 0.6) is 0 Å². The van der Waals surface area contributed by atoms with Crippen LogP contribution in [-0.2, 0) is 5.41 Å². The van der Waals surface area contributed by atoms with E-state index in [2.05, 4.69) is 12.6 Å². The highest BCUT2D eigenvalue weighted by atomic mass is 14.4. The van der Waals surface area contributed by atoms with Gasteiger partial charge in [-0.1, -0.05) is 66.7 Å². The molecule has 2 aromatic rings. The van der Waals surface area contributed by atoms with Gasteiger partial charge in [0.2, 0.25) is 0 Å². The Kier molecular flexibility index (Phi) is 3.60. The van der Waals surface area contributed by atoms with Crippen molar-refractivity contribution in [1.29, 1.82) is 5.26 Å². The normalized spacial score (nSPS) is 10.6. The number of hydrogen-bond donors (Lipinski definition) is 0. The lowest BCUT2D eigenvalue weighted by Gasteiger charge is -2.26. The van der Waals surface area contributed by atoms with Gasteiger partial charge in [0.05, 0.1) is 6.07 Å². The van der Waals surface area contributed by atoms with Crippen molar-refractivity contribution in [1.82, 2.24) is 0 Å². The molecule has 0 atom stereocenters. The zero-order valence-electron chi connectivity index (χ0n) is 10.2. The average Bonchev–Trinajstić information content (AvgIpc) is 2.47. The topological polar surface area (TPSA) is 23.8 Å². The van der Waals surface area contributed by atoms with Gasteiger partial charge in [0.15, 0.2) is 0 Å². The van der Waals surface area contributed by atoms with Gasteiger partial charge < -0.3 is 0 Å². The maximum absolute atomic E-state index is 9.72. The molecule has 1 nitrogen and oxygen atoms in total. The highest BCUT2D eigenvalue weighted by Gasteiger charge is 2.32. The third-order valence-corrected chi connectivity index (χ3v) is 3.17. The molecule has 0 spiro atoms. The van der Waals surface area contributed by atoms with Gasteiger partial charge in [0.1, 0.15) is 5.41 Å². The molecule has 0 bridgehead atoms. The summed E-state index contributed by atoms with van der Waals surface area (Å²) in [6.45, 7) is 3.79. The van der Waals surface area contributed by atoms with Crippen LogP contribution in [0.3, 0.4) is 0 Å². The molecular formula is C17H15N. The van der Waals surface area contributed by atoms with Crippen molar-refractivity contribution in [2.45, 2.75) is 11.8 Å². The lowest BCUT2D eigenvalue weighted by Crippen LogP contribution is -2.24. The van der Waals surface area contributed by atoms with Gasteiger partial charge in [-0.3, -0.25) is 0 Å². The van der Waals surface area contributed by atoms with E-state index >= 15 is 0 Å². The third-order valence-electron chi connectivity index (χ3n) is 3.17. The minimum Gasteiger partial charge on any atom is -0.197 e. The van der Waals surface area contributed by atoms with Crippen molar-refractivity contribution < 1.29 is 0 Å². The Morgan fingerprint density at radius 1 is 0.944 bits per heavy atom. The SMILES string of the molecule is C=CCC(C#N)(c1ccccc1)c1ccccc1. The lowest BCUT2D eigenvalue weighted by atomic mass is 9.73. The van der Waals surface area contributed by atoms with E-state index in [0.29, 0.717) is 6.42 Å². The molecule has 0 heterocycles. The number of hydrogen-bond acceptors (Lipinski definition) is 1. The van der Waals surface area contributed by atoms with Crippen LogP contribution in [0.25, 0.3) is 0 Å². The summed E-state index contributed by atoms with van der Waals surface area (Å²) in [5, 5.41) is 9.72. The first-order valence-corrected chi connectivity index (χ1v) is 5.97. The Labute approximate surface area is 108 Å². The molecule has 0 aliphatic heterocycles. The fourth-order valence-corrected chi connectivity index (χ4v) is 2.24. The van der Waals surface area contributed by atoms with Gasteiger partial charge in [-0.05, 0) is 17.5 Å². The smallest absolute Gasteiger partial charge is 0.111 e. The molecule has 0 saturated carbocycles. The van der Waals surface area contributed by atoms with Gasteiger partial charge in [0, 0.05) is 0 Å². The van der Waals surface area contributed by atoms with Crippen LogP contribution < -0.4 is 0 Å². The monoisotopic (exact) mass is 233 g/mol. The van der Waals surface area contributed by atoms with Crippen LogP contribution in [0.4, 0.5) is 0 Å². The minimum atomic E-state index is -0.635. The standard InChI is InChI=1S/C17H15N/c1-2-13-17(14-18,15-9-5-3-6-10-15)16-11-7-4-8-12-16/h2-12H,1,13H2. The van der Waals surface area contributed by atoms with E-state index in [9.17, 15) is 5.26 Å². The summed E-state index contributed by atoms with van der Waals surface area (Å²) in [6.07, 6.45) is 2.42. The maximum atomic E-state index is 9.72. The number of rotatable bonds is 4. The molecule has 2 rings (SSSR count). The molecule has 0 unspecified atom stereocenters. The van der Waals surface area contributed by atoms with Gasteiger partial charge in [-0.15, -0.1) is 6.58 Å².